The third kappa shape index (κ3) is 3.19. The van der Waals surface area contributed by atoms with Crippen LogP contribution in [0.25, 0.3) is 0 Å². The van der Waals surface area contributed by atoms with Gasteiger partial charge in [0.1, 0.15) is 5.82 Å². The first kappa shape index (κ1) is 12.8. The van der Waals surface area contributed by atoms with Gasteiger partial charge in [0.15, 0.2) is 0 Å². The number of anilines is 1. The molecule has 2 atom stereocenters. The van der Waals surface area contributed by atoms with Gasteiger partial charge < -0.3 is 10.2 Å². The van der Waals surface area contributed by atoms with Crippen LogP contribution in [0.15, 0.2) is 16.7 Å². The quantitative estimate of drug-likeness (QED) is 0.910. The van der Waals surface area contributed by atoms with Gasteiger partial charge in [-0.05, 0) is 60.4 Å². The fraction of sp³-hybridized carbons (Fsp3) is 0.615. The summed E-state index contributed by atoms with van der Waals surface area (Å²) in [5.74, 6) is 1.69. The van der Waals surface area contributed by atoms with Crippen molar-refractivity contribution in [3.8, 4) is 0 Å². The summed E-state index contributed by atoms with van der Waals surface area (Å²) in [6.45, 7) is 6.73. The molecule has 0 aliphatic carbocycles. The molecule has 1 aromatic heterocycles. The predicted octanol–water partition coefficient (Wildman–Crippen LogP) is 2.90. The van der Waals surface area contributed by atoms with Gasteiger partial charge in [-0.3, -0.25) is 0 Å². The summed E-state index contributed by atoms with van der Waals surface area (Å²) in [6.07, 6.45) is 3.05. The highest BCUT2D eigenvalue weighted by atomic mass is 79.9. The standard InChI is InChI=1S/C13H20BrN3/c1-9-6-11(14)7-15-13(9)16-12-4-5-17(3)8-10(12)2/h6-7,10,12H,4-5,8H2,1-3H3,(H,15,16). The van der Waals surface area contributed by atoms with E-state index in [9.17, 15) is 0 Å². The normalized spacial score (nSPS) is 25.9. The lowest BCUT2D eigenvalue weighted by molar-refractivity contribution is 0.206. The molecule has 94 valence electrons. The first-order valence-corrected chi connectivity index (χ1v) is 6.93. The minimum Gasteiger partial charge on any atom is -0.367 e. The Morgan fingerprint density at radius 1 is 1.53 bits per heavy atom. The smallest absolute Gasteiger partial charge is 0.129 e. The Bertz CT molecular complexity index is 394. The zero-order valence-corrected chi connectivity index (χ0v) is 12.3. The molecule has 1 saturated heterocycles. The van der Waals surface area contributed by atoms with E-state index in [0.717, 1.165) is 23.4 Å². The zero-order chi connectivity index (χ0) is 12.4. The lowest BCUT2D eigenvalue weighted by atomic mass is 9.94. The minimum atomic E-state index is 0.540. The van der Waals surface area contributed by atoms with Crippen molar-refractivity contribution in [2.45, 2.75) is 26.3 Å². The molecule has 2 heterocycles. The summed E-state index contributed by atoms with van der Waals surface area (Å²) in [4.78, 5) is 6.85. The predicted molar refractivity (Wildman–Crippen MR) is 75.4 cm³/mol. The number of piperidine rings is 1. The molecule has 0 spiro atoms. The Balaban J connectivity index is 2.05. The van der Waals surface area contributed by atoms with E-state index in [2.05, 4.69) is 58.1 Å². The van der Waals surface area contributed by atoms with Crippen LogP contribution in [0, 0.1) is 12.8 Å². The van der Waals surface area contributed by atoms with E-state index in [1.54, 1.807) is 0 Å². The summed E-state index contributed by atoms with van der Waals surface area (Å²) in [6, 6.07) is 2.65. The van der Waals surface area contributed by atoms with Crippen molar-refractivity contribution in [2.24, 2.45) is 5.92 Å². The molecule has 0 radical (unpaired) electrons. The molecule has 0 aromatic carbocycles. The molecule has 0 saturated carbocycles. The molecule has 4 heteroatoms. The number of rotatable bonds is 2. The zero-order valence-electron chi connectivity index (χ0n) is 10.7. The Labute approximate surface area is 112 Å². The number of likely N-dealkylation sites (tertiary alicyclic amines) is 1. The van der Waals surface area contributed by atoms with E-state index >= 15 is 0 Å². The molecular formula is C13H20BrN3. The summed E-state index contributed by atoms with van der Waals surface area (Å²) < 4.78 is 1.04. The van der Waals surface area contributed by atoms with Crippen LogP contribution < -0.4 is 5.32 Å². The molecular weight excluding hydrogens is 278 g/mol. The monoisotopic (exact) mass is 297 g/mol. The number of aromatic nitrogens is 1. The lowest BCUT2D eigenvalue weighted by Gasteiger charge is -2.35. The van der Waals surface area contributed by atoms with Crippen LogP contribution in [0.2, 0.25) is 0 Å². The van der Waals surface area contributed by atoms with Crippen molar-refractivity contribution in [2.75, 3.05) is 25.5 Å². The molecule has 1 aliphatic heterocycles. The van der Waals surface area contributed by atoms with Crippen LogP contribution >= 0.6 is 15.9 Å². The second kappa shape index (κ2) is 5.36. The average Bonchev–Trinajstić information content (AvgIpc) is 2.25. The van der Waals surface area contributed by atoms with E-state index in [1.807, 2.05) is 6.20 Å². The van der Waals surface area contributed by atoms with Crippen molar-refractivity contribution in [3.05, 3.63) is 22.3 Å². The summed E-state index contributed by atoms with van der Waals surface area (Å²) in [5, 5.41) is 3.59. The third-order valence-corrected chi connectivity index (χ3v) is 3.91. The number of nitrogens with zero attached hydrogens (tertiary/aromatic N) is 2. The highest BCUT2D eigenvalue weighted by molar-refractivity contribution is 9.10. The van der Waals surface area contributed by atoms with Gasteiger partial charge in [-0.15, -0.1) is 0 Å². The summed E-state index contributed by atoms with van der Waals surface area (Å²) in [7, 11) is 2.19. The molecule has 0 amide bonds. The molecule has 17 heavy (non-hydrogen) atoms. The molecule has 0 bridgehead atoms. The number of halogens is 1. The van der Waals surface area contributed by atoms with Gasteiger partial charge in [0.05, 0.1) is 0 Å². The number of pyridine rings is 1. The first-order valence-electron chi connectivity index (χ1n) is 6.13. The Morgan fingerprint density at radius 3 is 2.94 bits per heavy atom. The van der Waals surface area contributed by atoms with Crippen LogP contribution in [0.5, 0.6) is 0 Å². The maximum absolute atomic E-state index is 4.45. The number of hydrogen-bond acceptors (Lipinski definition) is 3. The fourth-order valence-corrected chi connectivity index (χ4v) is 2.88. The second-order valence-electron chi connectivity index (χ2n) is 5.10. The average molecular weight is 298 g/mol. The third-order valence-electron chi connectivity index (χ3n) is 3.48. The first-order chi connectivity index (χ1) is 8.06. The highest BCUT2D eigenvalue weighted by Gasteiger charge is 2.24. The van der Waals surface area contributed by atoms with Gasteiger partial charge in [-0.2, -0.15) is 0 Å². The van der Waals surface area contributed by atoms with Crippen LogP contribution in [-0.2, 0) is 0 Å². The molecule has 2 rings (SSSR count). The van der Waals surface area contributed by atoms with Crippen LogP contribution in [-0.4, -0.2) is 36.1 Å². The fourth-order valence-electron chi connectivity index (χ4n) is 2.44. The molecule has 1 N–H and O–H groups in total. The number of nitrogens with one attached hydrogen (secondary N) is 1. The van der Waals surface area contributed by atoms with Crippen molar-refractivity contribution in [1.82, 2.24) is 9.88 Å². The second-order valence-corrected chi connectivity index (χ2v) is 6.01. The topological polar surface area (TPSA) is 28.2 Å². The molecule has 1 aromatic rings. The van der Waals surface area contributed by atoms with Gasteiger partial charge in [0.2, 0.25) is 0 Å². The van der Waals surface area contributed by atoms with E-state index < -0.39 is 0 Å². The SMILES string of the molecule is Cc1cc(Br)cnc1NC1CCN(C)CC1C. The van der Waals surface area contributed by atoms with Crippen LogP contribution in [0.1, 0.15) is 18.9 Å². The van der Waals surface area contributed by atoms with Crippen molar-refractivity contribution in [1.29, 1.82) is 0 Å². The van der Waals surface area contributed by atoms with Crippen molar-refractivity contribution >= 4 is 21.7 Å². The Hall–Kier alpha value is -0.610. The van der Waals surface area contributed by atoms with Gasteiger partial charge in [0.25, 0.3) is 0 Å². The number of hydrogen-bond donors (Lipinski definition) is 1. The maximum Gasteiger partial charge on any atom is 0.129 e. The summed E-state index contributed by atoms with van der Waals surface area (Å²) in [5.41, 5.74) is 1.20. The van der Waals surface area contributed by atoms with Crippen LogP contribution in [0.3, 0.4) is 0 Å². The van der Waals surface area contributed by atoms with E-state index in [4.69, 9.17) is 0 Å². The van der Waals surface area contributed by atoms with Gasteiger partial charge >= 0.3 is 0 Å². The van der Waals surface area contributed by atoms with Crippen molar-refractivity contribution < 1.29 is 0 Å². The minimum absolute atomic E-state index is 0.540. The molecule has 2 unspecified atom stereocenters. The van der Waals surface area contributed by atoms with Crippen LogP contribution in [0.4, 0.5) is 5.82 Å². The van der Waals surface area contributed by atoms with E-state index in [-0.39, 0.29) is 0 Å². The van der Waals surface area contributed by atoms with Crippen molar-refractivity contribution in [3.63, 3.8) is 0 Å². The van der Waals surface area contributed by atoms with Gasteiger partial charge in [-0.25, -0.2) is 4.98 Å². The number of aryl methyl sites for hydroxylation is 1. The Morgan fingerprint density at radius 2 is 2.29 bits per heavy atom. The van der Waals surface area contributed by atoms with Gasteiger partial charge in [0, 0.05) is 23.3 Å². The van der Waals surface area contributed by atoms with Gasteiger partial charge in [-0.1, -0.05) is 6.92 Å². The summed E-state index contributed by atoms with van der Waals surface area (Å²) >= 11 is 3.44. The lowest BCUT2D eigenvalue weighted by Crippen LogP contribution is -2.43. The largest absolute Gasteiger partial charge is 0.367 e. The highest BCUT2D eigenvalue weighted by Crippen LogP contribution is 2.22. The molecule has 1 fully saturated rings. The molecule has 1 aliphatic rings. The maximum atomic E-state index is 4.45. The Kier molecular flexibility index (Phi) is 4.05. The van der Waals surface area contributed by atoms with E-state index in [0.29, 0.717) is 12.0 Å². The van der Waals surface area contributed by atoms with E-state index in [1.165, 1.54) is 12.0 Å². The molecule has 3 nitrogen and oxygen atoms in total.